The van der Waals surface area contributed by atoms with Crippen molar-refractivity contribution in [1.29, 1.82) is 0 Å². The SMILES string of the molecule is CC[C@H](N)C(O)C(F)(F)C(=O)N(C)C. The standard InChI is InChI=1S/C8H16F2N2O2/c1-4-5(11)6(13)8(9,10)7(14)12(2)3/h5-6,13H,4,11H2,1-3H3/t5-,6?/m0/s1. The van der Waals surface area contributed by atoms with Gasteiger partial charge in [-0.15, -0.1) is 0 Å². The molecule has 0 saturated heterocycles. The summed E-state index contributed by atoms with van der Waals surface area (Å²) in [4.78, 5) is 11.7. The second-order valence-corrected chi connectivity index (χ2v) is 3.34. The van der Waals surface area contributed by atoms with E-state index in [9.17, 15) is 13.6 Å². The van der Waals surface area contributed by atoms with E-state index in [2.05, 4.69) is 0 Å². The van der Waals surface area contributed by atoms with Gasteiger partial charge in [0.15, 0.2) is 0 Å². The van der Waals surface area contributed by atoms with Crippen molar-refractivity contribution in [1.82, 2.24) is 4.90 Å². The molecule has 0 aromatic heterocycles. The van der Waals surface area contributed by atoms with E-state index in [-0.39, 0.29) is 6.42 Å². The van der Waals surface area contributed by atoms with Crippen molar-refractivity contribution in [3.8, 4) is 0 Å². The minimum atomic E-state index is -3.82. The first-order valence-corrected chi connectivity index (χ1v) is 4.28. The number of amides is 1. The van der Waals surface area contributed by atoms with Crippen molar-refractivity contribution in [3.63, 3.8) is 0 Å². The van der Waals surface area contributed by atoms with Crippen molar-refractivity contribution in [2.75, 3.05) is 14.1 Å². The Morgan fingerprint density at radius 2 is 2.00 bits per heavy atom. The lowest BCUT2D eigenvalue weighted by Crippen LogP contribution is -2.54. The van der Waals surface area contributed by atoms with Crippen LogP contribution in [0.3, 0.4) is 0 Å². The van der Waals surface area contributed by atoms with Gasteiger partial charge in [0.25, 0.3) is 5.91 Å². The van der Waals surface area contributed by atoms with Gasteiger partial charge in [0.2, 0.25) is 0 Å². The van der Waals surface area contributed by atoms with E-state index in [4.69, 9.17) is 10.8 Å². The molecule has 14 heavy (non-hydrogen) atoms. The number of aliphatic hydroxyl groups excluding tert-OH is 1. The van der Waals surface area contributed by atoms with E-state index < -0.39 is 24.0 Å². The number of hydrogen-bond acceptors (Lipinski definition) is 3. The number of halogens is 2. The molecule has 0 radical (unpaired) electrons. The molecule has 4 nitrogen and oxygen atoms in total. The van der Waals surface area contributed by atoms with Crippen molar-refractivity contribution < 1.29 is 18.7 Å². The Morgan fingerprint density at radius 1 is 1.57 bits per heavy atom. The fourth-order valence-electron chi connectivity index (χ4n) is 0.917. The maximum Gasteiger partial charge on any atom is 0.351 e. The topological polar surface area (TPSA) is 66.6 Å². The number of alkyl halides is 2. The molecule has 3 N–H and O–H groups in total. The molecule has 1 unspecified atom stereocenters. The molecule has 2 atom stereocenters. The molecule has 0 spiro atoms. The maximum atomic E-state index is 13.2. The molecular formula is C8H16F2N2O2. The van der Waals surface area contributed by atoms with Gasteiger partial charge in [0.05, 0.1) is 0 Å². The Balaban J connectivity index is 4.68. The molecule has 0 aliphatic rings. The Hall–Kier alpha value is -0.750. The van der Waals surface area contributed by atoms with Gasteiger partial charge in [0, 0.05) is 20.1 Å². The zero-order chi connectivity index (χ0) is 11.5. The first-order valence-electron chi connectivity index (χ1n) is 4.28. The molecule has 0 aromatic rings. The number of carbonyl (C=O) groups is 1. The highest BCUT2D eigenvalue weighted by molar-refractivity contribution is 5.83. The highest BCUT2D eigenvalue weighted by Gasteiger charge is 2.49. The van der Waals surface area contributed by atoms with Crippen LogP contribution in [0.5, 0.6) is 0 Å². The van der Waals surface area contributed by atoms with Crippen LogP contribution in [0.15, 0.2) is 0 Å². The van der Waals surface area contributed by atoms with Crippen LogP contribution < -0.4 is 5.73 Å². The second-order valence-electron chi connectivity index (χ2n) is 3.34. The lowest BCUT2D eigenvalue weighted by molar-refractivity contribution is -0.174. The average molecular weight is 210 g/mol. The minimum absolute atomic E-state index is 0.178. The molecule has 0 aromatic carbocycles. The van der Waals surface area contributed by atoms with Gasteiger partial charge in [-0.05, 0) is 6.42 Å². The van der Waals surface area contributed by atoms with Gasteiger partial charge in [-0.1, -0.05) is 6.92 Å². The third-order valence-corrected chi connectivity index (χ3v) is 1.94. The van der Waals surface area contributed by atoms with E-state index in [1.807, 2.05) is 0 Å². The number of aliphatic hydroxyl groups is 1. The molecular weight excluding hydrogens is 194 g/mol. The Bertz CT molecular complexity index is 210. The molecule has 0 aliphatic carbocycles. The second kappa shape index (κ2) is 4.65. The zero-order valence-corrected chi connectivity index (χ0v) is 8.50. The normalized spacial score (nSPS) is 16.2. The lowest BCUT2D eigenvalue weighted by atomic mass is 10.0. The van der Waals surface area contributed by atoms with Crippen molar-refractivity contribution in [3.05, 3.63) is 0 Å². The van der Waals surface area contributed by atoms with E-state index in [1.54, 1.807) is 6.92 Å². The van der Waals surface area contributed by atoms with E-state index in [0.29, 0.717) is 0 Å². The van der Waals surface area contributed by atoms with E-state index in [0.717, 1.165) is 4.90 Å². The summed E-state index contributed by atoms with van der Waals surface area (Å²) in [5, 5.41) is 9.14. The summed E-state index contributed by atoms with van der Waals surface area (Å²) < 4.78 is 26.4. The molecule has 0 heterocycles. The summed E-state index contributed by atoms with van der Waals surface area (Å²) in [5.74, 6) is -5.26. The van der Waals surface area contributed by atoms with Crippen LogP contribution in [0.4, 0.5) is 8.78 Å². The van der Waals surface area contributed by atoms with Gasteiger partial charge in [-0.2, -0.15) is 8.78 Å². The van der Waals surface area contributed by atoms with Gasteiger partial charge >= 0.3 is 5.92 Å². The van der Waals surface area contributed by atoms with Crippen molar-refractivity contribution in [2.24, 2.45) is 5.73 Å². The molecule has 1 amide bonds. The molecule has 0 aliphatic heterocycles. The third-order valence-electron chi connectivity index (χ3n) is 1.94. The Kier molecular flexibility index (Phi) is 4.41. The summed E-state index contributed by atoms with van der Waals surface area (Å²) in [6.07, 6.45) is -1.96. The van der Waals surface area contributed by atoms with Crippen LogP contribution in [0.25, 0.3) is 0 Å². The number of nitrogens with two attached hydrogens (primary N) is 1. The van der Waals surface area contributed by atoms with Crippen LogP contribution in [0, 0.1) is 0 Å². The fourth-order valence-corrected chi connectivity index (χ4v) is 0.917. The molecule has 0 rings (SSSR count). The summed E-state index contributed by atoms with van der Waals surface area (Å²) in [5.41, 5.74) is 5.24. The first-order chi connectivity index (χ1) is 6.25. The average Bonchev–Trinajstić information content (AvgIpc) is 2.13. The van der Waals surface area contributed by atoms with E-state index in [1.165, 1.54) is 14.1 Å². The summed E-state index contributed by atoms with van der Waals surface area (Å²) in [7, 11) is 2.39. The van der Waals surface area contributed by atoms with Gasteiger partial charge < -0.3 is 15.7 Å². The van der Waals surface area contributed by atoms with Crippen molar-refractivity contribution in [2.45, 2.75) is 31.4 Å². The lowest BCUT2D eigenvalue weighted by Gasteiger charge is -2.27. The van der Waals surface area contributed by atoms with Gasteiger partial charge in [-0.3, -0.25) is 4.79 Å². The quantitative estimate of drug-likeness (QED) is 0.675. The van der Waals surface area contributed by atoms with Gasteiger partial charge in [0.1, 0.15) is 6.10 Å². The summed E-state index contributed by atoms with van der Waals surface area (Å²) in [6.45, 7) is 1.56. The number of carbonyl (C=O) groups excluding carboxylic acids is 1. The molecule has 0 saturated carbocycles. The highest BCUT2D eigenvalue weighted by atomic mass is 19.3. The fraction of sp³-hybridized carbons (Fsp3) is 0.875. The van der Waals surface area contributed by atoms with Crippen LogP contribution in [-0.2, 0) is 4.79 Å². The van der Waals surface area contributed by atoms with Crippen LogP contribution >= 0.6 is 0 Å². The third kappa shape index (κ3) is 2.62. The monoisotopic (exact) mass is 210 g/mol. The van der Waals surface area contributed by atoms with Crippen LogP contribution in [-0.4, -0.2) is 48.1 Å². The molecule has 0 fully saturated rings. The first kappa shape index (κ1) is 13.2. The van der Waals surface area contributed by atoms with E-state index >= 15 is 0 Å². The largest absolute Gasteiger partial charge is 0.385 e. The van der Waals surface area contributed by atoms with Crippen LogP contribution in [0.2, 0.25) is 0 Å². The predicted molar refractivity (Wildman–Crippen MR) is 47.9 cm³/mol. The highest BCUT2D eigenvalue weighted by Crippen LogP contribution is 2.23. The van der Waals surface area contributed by atoms with Crippen molar-refractivity contribution >= 4 is 5.91 Å². The molecule has 84 valence electrons. The number of hydrogen-bond donors (Lipinski definition) is 2. The Labute approximate surface area is 81.7 Å². The van der Waals surface area contributed by atoms with Gasteiger partial charge in [-0.25, -0.2) is 0 Å². The Morgan fingerprint density at radius 3 is 2.29 bits per heavy atom. The summed E-state index contributed by atoms with van der Waals surface area (Å²) in [6, 6.07) is -1.10. The number of rotatable bonds is 4. The smallest absolute Gasteiger partial charge is 0.351 e. The minimum Gasteiger partial charge on any atom is -0.385 e. The summed E-state index contributed by atoms with van der Waals surface area (Å²) >= 11 is 0. The zero-order valence-electron chi connectivity index (χ0n) is 8.50. The predicted octanol–water partition coefficient (Wildman–Crippen LogP) is -0.192. The maximum absolute atomic E-state index is 13.2. The number of nitrogens with zero attached hydrogens (tertiary/aromatic N) is 1. The molecule has 6 heteroatoms. The molecule has 0 bridgehead atoms. The van der Waals surface area contributed by atoms with Crippen LogP contribution in [0.1, 0.15) is 13.3 Å².